The van der Waals surface area contributed by atoms with Crippen molar-refractivity contribution >= 4 is 96.9 Å². The zero-order valence-corrected chi connectivity index (χ0v) is 37.3. The van der Waals surface area contributed by atoms with Crippen molar-refractivity contribution in [3.8, 4) is 29.3 Å². The lowest BCUT2D eigenvalue weighted by Gasteiger charge is -2.17. The summed E-state index contributed by atoms with van der Waals surface area (Å²) < 4.78 is 103. The standard InChI is InChI=1S/C32H46O12P4S4/c1-9-37-45(33,38-10-2)23-19-27(50-22-23)31-25(47(35,41-13-5)42-14-6)21-29(52-31)32-26(48(36,43-15-7)44-16-8)20-28(51-32)30-24(17-18-49-30)46(34,39-11-3)40-12-4/h17-22H,9-16H2,1-8H3. The lowest BCUT2D eigenvalue weighted by atomic mass is 10.3. The monoisotopic (exact) mass is 874 g/mol. The third kappa shape index (κ3) is 9.49. The largest absolute Gasteiger partial charge is 0.362 e. The first-order valence-electron chi connectivity index (χ1n) is 16.9. The van der Waals surface area contributed by atoms with Crippen molar-refractivity contribution in [1.29, 1.82) is 0 Å². The first-order chi connectivity index (χ1) is 24.9. The Kier molecular flexibility index (Phi) is 16.6. The number of hydrogen-bond acceptors (Lipinski definition) is 16. The number of rotatable bonds is 23. The summed E-state index contributed by atoms with van der Waals surface area (Å²) >= 11 is 5.21. The summed E-state index contributed by atoms with van der Waals surface area (Å²) in [5.41, 5.74) is 0. The van der Waals surface area contributed by atoms with E-state index in [-0.39, 0.29) is 52.9 Å². The second kappa shape index (κ2) is 19.5. The van der Waals surface area contributed by atoms with Gasteiger partial charge >= 0.3 is 30.4 Å². The molecule has 0 aromatic carbocycles. The van der Waals surface area contributed by atoms with Crippen LogP contribution in [-0.4, -0.2) is 52.9 Å². The predicted octanol–water partition coefficient (Wildman–Crippen LogP) is 10.5. The molecule has 20 heteroatoms. The van der Waals surface area contributed by atoms with Gasteiger partial charge in [0, 0.05) is 20.0 Å². The molecule has 4 heterocycles. The summed E-state index contributed by atoms with van der Waals surface area (Å²) in [5.74, 6) is 0. The van der Waals surface area contributed by atoms with Crippen LogP contribution < -0.4 is 21.2 Å². The molecule has 0 N–H and O–H groups in total. The first-order valence-corrected chi connectivity index (χ1v) is 26.5. The molecule has 52 heavy (non-hydrogen) atoms. The molecule has 290 valence electrons. The molecule has 4 aromatic heterocycles. The Morgan fingerprint density at radius 1 is 0.442 bits per heavy atom. The normalized spacial score (nSPS) is 13.0. The summed E-state index contributed by atoms with van der Waals surface area (Å²) in [6, 6.07) is 6.88. The molecule has 0 bridgehead atoms. The molecule has 0 aliphatic heterocycles. The smallest absolute Gasteiger partial charge is 0.305 e. The van der Waals surface area contributed by atoms with Crippen molar-refractivity contribution in [3.63, 3.8) is 0 Å². The highest BCUT2D eigenvalue weighted by Crippen LogP contribution is 2.58. The Hall–Kier alpha value is -0.600. The van der Waals surface area contributed by atoms with Gasteiger partial charge in [0.1, 0.15) is 0 Å². The molecule has 0 unspecified atom stereocenters. The van der Waals surface area contributed by atoms with Crippen LogP contribution in [0.15, 0.2) is 35.0 Å². The fraction of sp³-hybridized carbons (Fsp3) is 0.500. The van der Waals surface area contributed by atoms with Crippen LogP contribution in [0, 0.1) is 0 Å². The second-order valence-corrected chi connectivity index (χ2v) is 22.2. The first kappa shape index (κ1) is 44.1. The average Bonchev–Trinajstić information content (AvgIpc) is 3.91. The lowest BCUT2D eigenvalue weighted by molar-refractivity contribution is 0.229. The van der Waals surface area contributed by atoms with Gasteiger partial charge in [0.25, 0.3) is 0 Å². The molecule has 0 atom stereocenters. The Morgan fingerprint density at radius 2 is 0.808 bits per heavy atom. The van der Waals surface area contributed by atoms with Gasteiger partial charge in [0.05, 0.1) is 88.7 Å². The van der Waals surface area contributed by atoms with E-state index in [1.54, 1.807) is 90.4 Å². The maximum absolute atomic E-state index is 14.6. The molecular formula is C32H46O12P4S4. The van der Waals surface area contributed by atoms with E-state index in [1.165, 1.54) is 45.3 Å². The van der Waals surface area contributed by atoms with Crippen molar-refractivity contribution < 1.29 is 54.5 Å². The van der Waals surface area contributed by atoms with E-state index in [0.29, 0.717) is 50.5 Å². The quantitative estimate of drug-likeness (QED) is 0.0655. The molecular weight excluding hydrogens is 829 g/mol. The van der Waals surface area contributed by atoms with Gasteiger partial charge in [-0.25, -0.2) is 0 Å². The Morgan fingerprint density at radius 3 is 1.23 bits per heavy atom. The van der Waals surface area contributed by atoms with Crippen molar-refractivity contribution in [2.75, 3.05) is 52.9 Å². The maximum Gasteiger partial charge on any atom is 0.362 e. The van der Waals surface area contributed by atoms with Crippen LogP contribution in [0.3, 0.4) is 0 Å². The Balaban J connectivity index is 2.04. The molecule has 0 amide bonds. The molecule has 12 nitrogen and oxygen atoms in total. The summed E-state index contributed by atoms with van der Waals surface area (Å²) in [6.07, 6.45) is 0. The summed E-state index contributed by atoms with van der Waals surface area (Å²) in [7, 11) is -15.2. The summed E-state index contributed by atoms with van der Waals surface area (Å²) in [6.45, 7) is 15.1. The van der Waals surface area contributed by atoms with Crippen LogP contribution in [0.4, 0.5) is 0 Å². The highest BCUT2D eigenvalue weighted by Gasteiger charge is 2.39. The molecule has 0 spiro atoms. The van der Waals surface area contributed by atoms with E-state index >= 15 is 0 Å². The van der Waals surface area contributed by atoms with Crippen molar-refractivity contribution in [1.82, 2.24) is 0 Å². The van der Waals surface area contributed by atoms with Crippen LogP contribution in [0.2, 0.25) is 0 Å². The third-order valence-corrected chi connectivity index (χ3v) is 20.7. The molecule has 0 fully saturated rings. The van der Waals surface area contributed by atoms with Crippen molar-refractivity contribution in [3.05, 3.63) is 35.0 Å². The minimum atomic E-state index is -3.92. The number of hydrogen-bond donors (Lipinski definition) is 0. The van der Waals surface area contributed by atoms with Crippen LogP contribution >= 0.6 is 75.7 Å². The summed E-state index contributed by atoms with van der Waals surface area (Å²) in [5, 5.41) is 4.87. The van der Waals surface area contributed by atoms with E-state index in [4.69, 9.17) is 36.2 Å². The minimum Gasteiger partial charge on any atom is -0.305 e. The molecule has 0 radical (unpaired) electrons. The average molecular weight is 875 g/mol. The van der Waals surface area contributed by atoms with Gasteiger partial charge in [-0.05, 0) is 85.0 Å². The number of thiophene rings is 4. The fourth-order valence-corrected chi connectivity index (χ4v) is 18.3. The van der Waals surface area contributed by atoms with Crippen LogP contribution in [-0.2, 0) is 54.5 Å². The zero-order valence-electron chi connectivity index (χ0n) is 30.4. The molecule has 4 aromatic rings. The highest BCUT2D eigenvalue weighted by molar-refractivity contribution is 7.65. The van der Waals surface area contributed by atoms with Crippen LogP contribution in [0.5, 0.6) is 0 Å². The molecule has 0 saturated heterocycles. The molecule has 4 rings (SSSR count). The van der Waals surface area contributed by atoms with Gasteiger partial charge in [0.2, 0.25) is 0 Å². The topological polar surface area (TPSA) is 142 Å². The fourth-order valence-electron chi connectivity index (χ4n) is 5.11. The SMILES string of the molecule is CCOP(=O)(OCC)c1csc(-c2sc(-c3sc(-c4sccc4P(=O)(OCC)OCC)cc3P(=O)(OCC)OCC)cc2P(=O)(OCC)OCC)c1. The van der Waals surface area contributed by atoms with E-state index in [0.717, 1.165) is 0 Å². The van der Waals surface area contributed by atoms with E-state index < -0.39 is 30.4 Å². The van der Waals surface area contributed by atoms with E-state index in [2.05, 4.69) is 0 Å². The van der Waals surface area contributed by atoms with Gasteiger partial charge in [0.15, 0.2) is 0 Å². The van der Waals surface area contributed by atoms with Crippen LogP contribution in [0.1, 0.15) is 55.4 Å². The Labute approximate surface area is 322 Å². The van der Waals surface area contributed by atoms with Gasteiger partial charge in [-0.1, -0.05) is 0 Å². The highest BCUT2D eigenvalue weighted by atomic mass is 32.1. The predicted molar refractivity (Wildman–Crippen MR) is 216 cm³/mol. The third-order valence-electron chi connectivity index (χ3n) is 6.92. The zero-order chi connectivity index (χ0) is 38.2. The molecule has 0 saturated carbocycles. The Bertz CT molecular complexity index is 1920. The van der Waals surface area contributed by atoms with Gasteiger partial charge in [-0.3, -0.25) is 18.3 Å². The van der Waals surface area contributed by atoms with Gasteiger partial charge in [-0.2, -0.15) is 0 Å². The maximum atomic E-state index is 14.6. The minimum absolute atomic E-state index is 0.110. The van der Waals surface area contributed by atoms with Gasteiger partial charge < -0.3 is 36.2 Å². The molecule has 0 aliphatic carbocycles. The van der Waals surface area contributed by atoms with Crippen molar-refractivity contribution in [2.45, 2.75) is 55.4 Å². The summed E-state index contributed by atoms with van der Waals surface area (Å²) in [4.78, 5) is 3.56. The second-order valence-electron chi connectivity index (χ2n) is 10.3. The van der Waals surface area contributed by atoms with E-state index in [1.807, 2.05) is 0 Å². The molecule has 0 aliphatic rings. The van der Waals surface area contributed by atoms with Crippen LogP contribution in [0.25, 0.3) is 29.3 Å². The van der Waals surface area contributed by atoms with E-state index in [9.17, 15) is 18.3 Å². The van der Waals surface area contributed by atoms with Crippen molar-refractivity contribution in [2.24, 2.45) is 0 Å². The lowest BCUT2D eigenvalue weighted by Crippen LogP contribution is -2.12. The van der Waals surface area contributed by atoms with Gasteiger partial charge in [-0.15, -0.1) is 45.3 Å².